The molecule has 0 radical (unpaired) electrons. The molecular formula is C12H17NOS. The van der Waals surface area contributed by atoms with Gasteiger partial charge in [0, 0.05) is 22.6 Å². The first-order valence-corrected chi connectivity index (χ1v) is 6.27. The average Bonchev–Trinajstić information content (AvgIpc) is 2.28. The third-order valence-corrected chi connectivity index (χ3v) is 4.25. The Kier molecular flexibility index (Phi) is 3.22. The van der Waals surface area contributed by atoms with E-state index >= 15 is 0 Å². The lowest BCUT2D eigenvalue weighted by molar-refractivity contribution is 0.408. The molecule has 0 saturated carbocycles. The zero-order valence-corrected chi connectivity index (χ0v) is 10.2. The summed E-state index contributed by atoms with van der Waals surface area (Å²) in [6.07, 6.45) is 0. The highest BCUT2D eigenvalue weighted by Gasteiger charge is 2.27. The molecule has 2 unspecified atom stereocenters. The van der Waals surface area contributed by atoms with Crippen LogP contribution in [0.3, 0.4) is 0 Å². The van der Waals surface area contributed by atoms with E-state index in [0.717, 1.165) is 11.5 Å². The van der Waals surface area contributed by atoms with Crippen LogP contribution in [0.5, 0.6) is 5.75 Å². The Hall–Kier alpha value is -0.670. The van der Waals surface area contributed by atoms with Crippen molar-refractivity contribution in [2.24, 2.45) is 0 Å². The Morgan fingerprint density at radius 2 is 2.27 bits per heavy atom. The van der Waals surface area contributed by atoms with E-state index < -0.39 is 0 Å². The highest BCUT2D eigenvalue weighted by atomic mass is 32.2. The highest BCUT2D eigenvalue weighted by Crippen LogP contribution is 2.40. The molecule has 2 nitrogen and oxygen atoms in total. The van der Waals surface area contributed by atoms with Crippen LogP contribution >= 0.6 is 11.8 Å². The fourth-order valence-electron chi connectivity index (χ4n) is 2.17. The molecule has 1 aromatic rings. The molecule has 1 aromatic carbocycles. The van der Waals surface area contributed by atoms with Crippen molar-refractivity contribution in [3.63, 3.8) is 0 Å². The van der Waals surface area contributed by atoms with E-state index in [-0.39, 0.29) is 0 Å². The molecule has 0 fully saturated rings. The van der Waals surface area contributed by atoms with Crippen LogP contribution < -0.4 is 10.1 Å². The maximum Gasteiger partial charge on any atom is 0.123 e. The quantitative estimate of drug-likeness (QED) is 0.832. The summed E-state index contributed by atoms with van der Waals surface area (Å²) in [7, 11) is 3.77. The van der Waals surface area contributed by atoms with Gasteiger partial charge in [0.2, 0.25) is 0 Å². The van der Waals surface area contributed by atoms with Crippen LogP contribution in [0.2, 0.25) is 0 Å². The van der Waals surface area contributed by atoms with Gasteiger partial charge in [0.05, 0.1) is 7.11 Å². The lowest BCUT2D eigenvalue weighted by Gasteiger charge is -2.31. The van der Waals surface area contributed by atoms with Gasteiger partial charge >= 0.3 is 0 Å². The molecule has 15 heavy (non-hydrogen) atoms. The largest absolute Gasteiger partial charge is 0.496 e. The summed E-state index contributed by atoms with van der Waals surface area (Å²) >= 11 is 1.98. The Balaban J connectivity index is 2.45. The second-order valence-corrected chi connectivity index (χ2v) is 5.18. The number of fused-ring (bicyclic) bond motifs is 1. The molecule has 2 rings (SSSR count). The van der Waals surface area contributed by atoms with Gasteiger partial charge in [-0.15, -0.1) is 0 Å². The zero-order valence-electron chi connectivity index (χ0n) is 9.41. The number of rotatable bonds is 2. The molecule has 82 valence electrons. The van der Waals surface area contributed by atoms with Gasteiger partial charge in [-0.2, -0.15) is 11.8 Å². The molecule has 1 N–H and O–H groups in total. The molecule has 0 spiro atoms. The zero-order chi connectivity index (χ0) is 10.8. The van der Waals surface area contributed by atoms with E-state index in [1.165, 1.54) is 11.1 Å². The number of ether oxygens (including phenoxy) is 1. The average molecular weight is 223 g/mol. The van der Waals surface area contributed by atoms with E-state index in [4.69, 9.17) is 4.74 Å². The van der Waals surface area contributed by atoms with Crippen molar-refractivity contribution in [3.8, 4) is 5.75 Å². The Labute approximate surface area is 95.4 Å². The molecule has 0 aromatic heterocycles. The third-order valence-electron chi connectivity index (χ3n) is 3.00. The van der Waals surface area contributed by atoms with Crippen LogP contribution in [0.4, 0.5) is 0 Å². The van der Waals surface area contributed by atoms with Crippen LogP contribution in [0, 0.1) is 0 Å². The first-order chi connectivity index (χ1) is 7.27. The summed E-state index contributed by atoms with van der Waals surface area (Å²) < 4.78 is 5.40. The highest BCUT2D eigenvalue weighted by molar-refractivity contribution is 7.99. The standard InChI is InChI=1S/C12H17NOS/c1-8-12(13-2)9-5-4-6-11(14-3)10(9)7-15-8/h4-6,8,12-13H,7H2,1-3H3. The topological polar surface area (TPSA) is 21.3 Å². The van der Waals surface area contributed by atoms with Crippen LogP contribution in [-0.4, -0.2) is 19.4 Å². The van der Waals surface area contributed by atoms with Crippen LogP contribution in [0.15, 0.2) is 18.2 Å². The maximum absolute atomic E-state index is 5.40. The fraction of sp³-hybridized carbons (Fsp3) is 0.500. The Morgan fingerprint density at radius 1 is 1.47 bits per heavy atom. The summed E-state index contributed by atoms with van der Waals surface area (Å²) in [5, 5.41) is 4.00. The van der Waals surface area contributed by atoms with Crippen LogP contribution in [-0.2, 0) is 5.75 Å². The second kappa shape index (κ2) is 4.45. The third kappa shape index (κ3) is 1.86. The van der Waals surface area contributed by atoms with E-state index in [1.807, 2.05) is 24.9 Å². The lowest BCUT2D eigenvalue weighted by atomic mass is 9.97. The normalized spacial score (nSPS) is 24.7. The minimum atomic E-state index is 0.439. The van der Waals surface area contributed by atoms with Crippen molar-refractivity contribution < 1.29 is 4.74 Å². The SMILES string of the molecule is CNC1c2cccc(OC)c2CSC1C. The Morgan fingerprint density at radius 3 is 2.93 bits per heavy atom. The smallest absolute Gasteiger partial charge is 0.123 e. The van der Waals surface area contributed by atoms with Gasteiger partial charge in [-0.05, 0) is 18.7 Å². The summed E-state index contributed by atoms with van der Waals surface area (Å²) in [5.41, 5.74) is 2.74. The number of hydrogen-bond donors (Lipinski definition) is 1. The van der Waals surface area contributed by atoms with E-state index in [0.29, 0.717) is 11.3 Å². The van der Waals surface area contributed by atoms with Gasteiger partial charge in [-0.25, -0.2) is 0 Å². The number of benzene rings is 1. The number of nitrogens with one attached hydrogen (secondary N) is 1. The van der Waals surface area contributed by atoms with Gasteiger partial charge < -0.3 is 10.1 Å². The number of methoxy groups -OCH3 is 1. The molecule has 2 atom stereocenters. The molecule has 1 heterocycles. The maximum atomic E-state index is 5.40. The van der Waals surface area contributed by atoms with Crippen molar-refractivity contribution in [3.05, 3.63) is 29.3 Å². The van der Waals surface area contributed by atoms with Crippen molar-refractivity contribution >= 4 is 11.8 Å². The molecular weight excluding hydrogens is 206 g/mol. The lowest BCUT2D eigenvalue weighted by Crippen LogP contribution is -2.29. The van der Waals surface area contributed by atoms with Gasteiger partial charge in [0.15, 0.2) is 0 Å². The van der Waals surface area contributed by atoms with E-state index in [1.54, 1.807) is 7.11 Å². The summed E-state index contributed by atoms with van der Waals surface area (Å²) in [5.74, 6) is 2.07. The molecule has 0 saturated heterocycles. The van der Waals surface area contributed by atoms with Crippen molar-refractivity contribution in [1.82, 2.24) is 5.32 Å². The van der Waals surface area contributed by atoms with Crippen molar-refractivity contribution in [1.29, 1.82) is 0 Å². The molecule has 1 aliphatic rings. The molecule has 1 aliphatic heterocycles. The van der Waals surface area contributed by atoms with E-state index in [2.05, 4.69) is 24.4 Å². The minimum Gasteiger partial charge on any atom is -0.496 e. The van der Waals surface area contributed by atoms with Gasteiger partial charge in [0.1, 0.15) is 5.75 Å². The molecule has 0 aliphatic carbocycles. The molecule has 0 bridgehead atoms. The van der Waals surface area contributed by atoms with Crippen LogP contribution in [0.25, 0.3) is 0 Å². The number of thioether (sulfide) groups is 1. The summed E-state index contributed by atoms with van der Waals surface area (Å²) in [6.45, 7) is 2.27. The first kappa shape index (κ1) is 10.8. The first-order valence-electron chi connectivity index (χ1n) is 5.22. The van der Waals surface area contributed by atoms with Gasteiger partial charge in [-0.3, -0.25) is 0 Å². The molecule has 3 heteroatoms. The van der Waals surface area contributed by atoms with Crippen LogP contribution in [0.1, 0.15) is 24.1 Å². The number of hydrogen-bond acceptors (Lipinski definition) is 3. The van der Waals surface area contributed by atoms with Crippen molar-refractivity contribution in [2.75, 3.05) is 14.2 Å². The Bertz CT molecular complexity index is 353. The summed E-state index contributed by atoms with van der Waals surface area (Å²) in [6, 6.07) is 6.76. The van der Waals surface area contributed by atoms with Gasteiger partial charge in [-0.1, -0.05) is 19.1 Å². The minimum absolute atomic E-state index is 0.439. The van der Waals surface area contributed by atoms with E-state index in [9.17, 15) is 0 Å². The summed E-state index contributed by atoms with van der Waals surface area (Å²) in [4.78, 5) is 0. The molecule has 0 amide bonds. The predicted octanol–water partition coefficient (Wildman–Crippen LogP) is 2.59. The fourth-order valence-corrected chi connectivity index (χ4v) is 3.39. The monoisotopic (exact) mass is 223 g/mol. The van der Waals surface area contributed by atoms with Gasteiger partial charge in [0.25, 0.3) is 0 Å². The van der Waals surface area contributed by atoms with Crippen molar-refractivity contribution in [2.45, 2.75) is 24.0 Å². The second-order valence-electron chi connectivity index (χ2n) is 3.81. The predicted molar refractivity (Wildman–Crippen MR) is 65.6 cm³/mol.